The van der Waals surface area contributed by atoms with Gasteiger partial charge in [-0.3, -0.25) is 28.9 Å². The maximum absolute atomic E-state index is 14.6. The number of ether oxygens (including phenoxy) is 1. The van der Waals surface area contributed by atoms with Crippen LogP contribution in [0.2, 0.25) is 0 Å². The minimum atomic E-state index is -2.16. The number of allylic oxidation sites excluding steroid dienone is 2. The predicted octanol–water partition coefficient (Wildman–Crippen LogP) is 7.30. The van der Waals surface area contributed by atoms with Crippen molar-refractivity contribution in [2.75, 3.05) is 16.9 Å². The molecule has 3 fully saturated rings. The quantitative estimate of drug-likeness (QED) is 0.0939. The van der Waals surface area contributed by atoms with Gasteiger partial charge in [-0.05, 0) is 101 Å². The average molecular weight is 818 g/mol. The van der Waals surface area contributed by atoms with Crippen molar-refractivity contribution in [1.82, 2.24) is 0 Å². The molecule has 2 aliphatic heterocycles. The van der Waals surface area contributed by atoms with Gasteiger partial charge in [0.25, 0.3) is 11.8 Å². The molecule has 0 unspecified atom stereocenters. The molecular formula is C40H28BrCl2FN2O7. The Hall–Kier alpha value is -4.84. The van der Waals surface area contributed by atoms with Gasteiger partial charge in [0.05, 0.1) is 34.8 Å². The number of imide groups is 2. The lowest BCUT2D eigenvalue weighted by Gasteiger charge is -2.50. The van der Waals surface area contributed by atoms with Gasteiger partial charge in [0, 0.05) is 17.0 Å². The molecule has 1 saturated carbocycles. The van der Waals surface area contributed by atoms with Crippen LogP contribution in [-0.4, -0.2) is 51.4 Å². The smallest absolute Gasteiger partial charge is 0.258 e. The summed E-state index contributed by atoms with van der Waals surface area (Å²) in [5.41, 5.74) is 2.10. The zero-order valence-corrected chi connectivity index (χ0v) is 30.9. The number of aromatic hydroxyl groups is 1. The van der Waals surface area contributed by atoms with E-state index in [1.165, 1.54) is 25.3 Å². The highest BCUT2D eigenvalue weighted by atomic mass is 79.9. The molecule has 2 saturated heterocycles. The van der Waals surface area contributed by atoms with E-state index in [4.69, 9.17) is 27.9 Å². The first-order valence-corrected chi connectivity index (χ1v) is 18.2. The van der Waals surface area contributed by atoms with E-state index < -0.39 is 62.9 Å². The Bertz CT molecular complexity index is 2290. The van der Waals surface area contributed by atoms with Crippen molar-refractivity contribution in [2.24, 2.45) is 17.8 Å². The number of rotatable bonds is 6. The molecule has 0 aromatic heterocycles. The molecule has 6 atom stereocenters. The molecule has 2 aliphatic carbocycles. The van der Waals surface area contributed by atoms with Gasteiger partial charge in [0.1, 0.15) is 5.82 Å². The van der Waals surface area contributed by atoms with Gasteiger partial charge in [-0.2, -0.15) is 0 Å². The molecule has 8 rings (SSSR count). The summed E-state index contributed by atoms with van der Waals surface area (Å²) < 4.78 is 19.6. The van der Waals surface area contributed by atoms with Crippen molar-refractivity contribution in [3.05, 3.63) is 130 Å². The zero-order valence-electron chi connectivity index (χ0n) is 27.8. The molecular weight excluding hydrogens is 790 g/mol. The van der Waals surface area contributed by atoms with Crippen molar-refractivity contribution in [3.8, 4) is 11.5 Å². The number of carbonyl (C=O) groups is 5. The Labute approximate surface area is 321 Å². The number of phenols is 1. The zero-order chi connectivity index (χ0) is 37.6. The molecule has 53 heavy (non-hydrogen) atoms. The number of fused-ring (bicyclic) bond motifs is 4. The maximum Gasteiger partial charge on any atom is 0.258 e. The highest BCUT2D eigenvalue weighted by Gasteiger charge is 2.76. The van der Waals surface area contributed by atoms with E-state index in [0.29, 0.717) is 22.3 Å². The van der Waals surface area contributed by atoms with E-state index >= 15 is 0 Å². The summed E-state index contributed by atoms with van der Waals surface area (Å²) in [5, 5.41) is 10.7. The van der Waals surface area contributed by atoms with Gasteiger partial charge in [-0.15, -0.1) is 23.2 Å². The van der Waals surface area contributed by atoms with E-state index in [-0.39, 0.29) is 46.0 Å². The van der Waals surface area contributed by atoms with Crippen LogP contribution in [0.1, 0.15) is 40.2 Å². The second-order valence-corrected chi connectivity index (χ2v) is 15.7. The summed E-state index contributed by atoms with van der Waals surface area (Å²) in [6, 6.07) is 22.7. The number of benzene rings is 4. The van der Waals surface area contributed by atoms with Gasteiger partial charge in [-0.1, -0.05) is 42.0 Å². The molecule has 4 aromatic rings. The van der Waals surface area contributed by atoms with Gasteiger partial charge in [-0.25, -0.2) is 9.29 Å². The molecule has 4 amide bonds. The second kappa shape index (κ2) is 12.6. The topological polar surface area (TPSA) is 121 Å². The molecule has 1 N–H and O–H groups in total. The number of amides is 4. The molecule has 2 heterocycles. The number of carbonyl (C=O) groups excluding carboxylic acids is 5. The van der Waals surface area contributed by atoms with Crippen molar-refractivity contribution < 1.29 is 38.2 Å². The Balaban J connectivity index is 1.22. The minimum Gasteiger partial charge on any atom is -0.503 e. The number of hydrogen-bond donors (Lipinski definition) is 1. The monoisotopic (exact) mass is 816 g/mol. The number of methoxy groups -OCH3 is 1. The number of phenolic OH excluding ortho intramolecular Hbond substituents is 1. The molecule has 4 aliphatic rings. The first-order valence-electron chi connectivity index (χ1n) is 16.7. The maximum atomic E-state index is 14.6. The third-order valence-corrected chi connectivity index (χ3v) is 12.9. The lowest BCUT2D eigenvalue weighted by Crippen LogP contribution is -2.60. The Morgan fingerprint density at radius 1 is 0.849 bits per heavy atom. The van der Waals surface area contributed by atoms with Crippen LogP contribution < -0.4 is 14.5 Å². The summed E-state index contributed by atoms with van der Waals surface area (Å²) >= 11 is 18.2. The summed E-state index contributed by atoms with van der Waals surface area (Å²) in [5.74, 6) is -7.39. The van der Waals surface area contributed by atoms with Gasteiger partial charge in [0.15, 0.2) is 27.0 Å². The third-order valence-electron chi connectivity index (χ3n) is 10.9. The minimum absolute atomic E-state index is 0.0471. The van der Waals surface area contributed by atoms with Crippen LogP contribution in [0.5, 0.6) is 11.5 Å². The van der Waals surface area contributed by atoms with Crippen molar-refractivity contribution >= 4 is 79.9 Å². The van der Waals surface area contributed by atoms with Crippen LogP contribution >= 0.6 is 39.1 Å². The molecule has 0 bridgehead atoms. The van der Waals surface area contributed by atoms with E-state index in [1.54, 1.807) is 66.7 Å². The van der Waals surface area contributed by atoms with Crippen molar-refractivity contribution in [1.29, 1.82) is 0 Å². The Morgan fingerprint density at radius 2 is 1.47 bits per heavy atom. The van der Waals surface area contributed by atoms with Crippen molar-refractivity contribution in [3.63, 3.8) is 0 Å². The van der Waals surface area contributed by atoms with Gasteiger partial charge >= 0.3 is 0 Å². The fourth-order valence-corrected chi connectivity index (χ4v) is 9.86. The Kier molecular flexibility index (Phi) is 8.40. The number of halogens is 4. The fraction of sp³-hybridized carbons (Fsp3) is 0.225. The van der Waals surface area contributed by atoms with E-state index in [0.717, 1.165) is 21.9 Å². The predicted molar refractivity (Wildman–Crippen MR) is 198 cm³/mol. The first kappa shape index (κ1) is 35.2. The summed E-state index contributed by atoms with van der Waals surface area (Å²) in [6.45, 7) is 0. The molecule has 268 valence electrons. The molecule has 0 spiro atoms. The van der Waals surface area contributed by atoms with Crippen LogP contribution in [0.25, 0.3) is 0 Å². The van der Waals surface area contributed by atoms with E-state index in [1.807, 2.05) is 0 Å². The average Bonchev–Trinajstić information content (AvgIpc) is 3.50. The third kappa shape index (κ3) is 5.04. The van der Waals surface area contributed by atoms with Crippen LogP contribution in [0.4, 0.5) is 15.8 Å². The number of anilines is 2. The number of hydrogen-bond acceptors (Lipinski definition) is 7. The highest BCUT2D eigenvalue weighted by Crippen LogP contribution is 2.66. The number of nitrogens with zero attached hydrogens (tertiary/aromatic N) is 2. The summed E-state index contributed by atoms with van der Waals surface area (Å²) in [6.07, 6.45) is 1.65. The SMILES string of the molecule is COc1cc([C@H]2C3=CC[C@@H]4C(=O)N(c5ccc(C(=O)c6ccccc6)cc5)C(=O)[C@@H]4[C@@H]3C[C@@]3(Cl)C(=O)N(c4ccc(F)cc4)C(=O)[C@@]23Cl)cc(Br)c1O. The fourth-order valence-electron chi connectivity index (χ4n) is 8.46. The van der Waals surface area contributed by atoms with Crippen molar-refractivity contribution in [2.45, 2.75) is 28.5 Å². The Morgan fingerprint density at radius 3 is 2.13 bits per heavy atom. The number of alkyl halides is 2. The lowest BCUT2D eigenvalue weighted by molar-refractivity contribution is -0.125. The molecule has 0 radical (unpaired) electrons. The van der Waals surface area contributed by atoms with Crippen LogP contribution in [0.15, 0.2) is 107 Å². The second-order valence-electron chi connectivity index (χ2n) is 13.6. The number of ketones is 1. The van der Waals surface area contributed by atoms with Gasteiger partial charge in [0.2, 0.25) is 11.8 Å². The normalized spacial score (nSPS) is 27.7. The summed E-state index contributed by atoms with van der Waals surface area (Å²) in [4.78, 5) is 68.4. The first-order chi connectivity index (χ1) is 25.3. The standard InChI is InChI=1S/C40H28BrCl2FN2O7/c1-53-30-18-22(17-29(41)34(30)48)32-26-15-16-27-31(28(26)19-39(42)37(51)46(38(52)40(32,39)43)25-13-9-23(44)10-14-25)36(50)45(35(27)49)24-11-7-21(8-12-24)33(47)20-5-3-2-4-6-20/h2-15,17-18,27-28,31-32,48H,16,19H2,1H3/t27-,28+,31-,32-,39+,40-/m0/s1. The molecule has 4 aromatic carbocycles. The molecule has 9 nitrogen and oxygen atoms in total. The van der Waals surface area contributed by atoms with Crippen LogP contribution in [0.3, 0.4) is 0 Å². The lowest BCUT2D eigenvalue weighted by atomic mass is 9.56. The van der Waals surface area contributed by atoms with Gasteiger partial charge < -0.3 is 9.84 Å². The largest absolute Gasteiger partial charge is 0.503 e. The van der Waals surface area contributed by atoms with Crippen LogP contribution in [-0.2, 0) is 19.2 Å². The molecule has 13 heteroatoms. The summed E-state index contributed by atoms with van der Waals surface area (Å²) in [7, 11) is 1.35. The van der Waals surface area contributed by atoms with Crippen LogP contribution in [0, 0.1) is 23.6 Å². The van der Waals surface area contributed by atoms with E-state index in [2.05, 4.69) is 15.9 Å². The van der Waals surface area contributed by atoms with E-state index in [9.17, 15) is 33.5 Å². The highest BCUT2D eigenvalue weighted by molar-refractivity contribution is 9.10.